The van der Waals surface area contributed by atoms with Crippen molar-refractivity contribution in [3.8, 4) is 11.4 Å². The van der Waals surface area contributed by atoms with Crippen LogP contribution in [0.2, 0.25) is 0 Å². The molecule has 6 heteroatoms. The quantitative estimate of drug-likeness (QED) is 0.503. The fourth-order valence-electron chi connectivity index (χ4n) is 4.69. The van der Waals surface area contributed by atoms with E-state index >= 15 is 4.39 Å². The molecule has 0 unspecified atom stereocenters. The summed E-state index contributed by atoms with van der Waals surface area (Å²) in [7, 11) is 0. The van der Waals surface area contributed by atoms with Crippen molar-refractivity contribution in [1.82, 2.24) is 14.9 Å². The Bertz CT molecular complexity index is 1180. The van der Waals surface area contributed by atoms with Crippen LogP contribution in [0.5, 0.6) is 0 Å². The summed E-state index contributed by atoms with van der Waals surface area (Å²) in [5, 5.41) is 3.13. The number of rotatable bonds is 5. The van der Waals surface area contributed by atoms with Crippen LogP contribution in [0, 0.1) is 19.7 Å². The number of imidazole rings is 1. The molecule has 1 N–H and O–H groups in total. The fourth-order valence-corrected chi connectivity index (χ4v) is 4.69. The molecule has 2 aromatic carbocycles. The molecule has 2 aliphatic carbocycles. The zero-order valence-corrected chi connectivity index (χ0v) is 17.8. The largest absolute Gasteiger partial charge is 0.382 e. The Labute approximate surface area is 180 Å². The summed E-state index contributed by atoms with van der Waals surface area (Å²) in [6.45, 7) is 7.81. The zero-order valence-electron chi connectivity index (χ0n) is 17.8. The maximum absolute atomic E-state index is 15.1. The highest BCUT2D eigenvalue weighted by Crippen LogP contribution is 2.41. The Morgan fingerprint density at radius 1 is 1.16 bits per heavy atom. The molecule has 0 spiro atoms. The van der Waals surface area contributed by atoms with Gasteiger partial charge in [-0.15, -0.1) is 0 Å². The second-order valence-electron chi connectivity index (χ2n) is 9.12. The minimum Gasteiger partial charge on any atom is -0.382 e. The van der Waals surface area contributed by atoms with Crippen molar-refractivity contribution >= 4 is 16.7 Å². The highest BCUT2D eigenvalue weighted by molar-refractivity contribution is 5.84. The fraction of sp³-hybridized carbons (Fsp3) is 0.400. The van der Waals surface area contributed by atoms with Crippen LogP contribution >= 0.6 is 0 Å². The Morgan fingerprint density at radius 2 is 1.90 bits per heavy atom. The molecule has 3 aromatic rings. The van der Waals surface area contributed by atoms with Gasteiger partial charge in [0, 0.05) is 30.6 Å². The van der Waals surface area contributed by atoms with Crippen LogP contribution in [0.3, 0.4) is 0 Å². The molecule has 0 radical (unpaired) electrons. The third kappa shape index (κ3) is 3.52. The van der Waals surface area contributed by atoms with E-state index in [0.717, 1.165) is 41.4 Å². The molecule has 2 aliphatic rings. The zero-order chi connectivity index (χ0) is 21.9. The number of hydrogen-bond acceptors (Lipinski definition) is 2. The summed E-state index contributed by atoms with van der Waals surface area (Å²) in [6, 6.07) is 9.53. The lowest BCUT2D eigenvalue weighted by atomic mass is 9.88. The van der Waals surface area contributed by atoms with Crippen molar-refractivity contribution < 1.29 is 13.2 Å². The number of aryl methyl sites for hydroxylation is 2. The number of halogens is 3. The second-order valence-corrected chi connectivity index (χ2v) is 9.12. The summed E-state index contributed by atoms with van der Waals surface area (Å²) in [5.74, 6) is -2.16. The summed E-state index contributed by atoms with van der Waals surface area (Å²) >= 11 is 0. The minimum atomic E-state index is -2.57. The van der Waals surface area contributed by atoms with Gasteiger partial charge in [-0.25, -0.2) is 18.2 Å². The van der Waals surface area contributed by atoms with Gasteiger partial charge in [0.15, 0.2) is 0 Å². The third-order valence-corrected chi connectivity index (χ3v) is 6.59. The average Bonchev–Trinajstić information content (AvgIpc) is 3.00. The van der Waals surface area contributed by atoms with Crippen LogP contribution in [0.4, 0.5) is 13.2 Å². The molecule has 5 rings (SSSR count). The Morgan fingerprint density at radius 3 is 2.55 bits per heavy atom. The lowest BCUT2D eigenvalue weighted by Gasteiger charge is -2.36. The Balaban J connectivity index is 1.56. The number of hydrogen-bond donors (Lipinski definition) is 1. The van der Waals surface area contributed by atoms with E-state index in [1.807, 2.05) is 37.3 Å². The first-order valence-electron chi connectivity index (χ1n) is 10.8. The SMILES string of the molecule is C=C(NC1CC(F)(F)C1)c1ccc2nc(-c3cc(C)cc(C)c3F)n(C3CCC3)c2c1. The van der Waals surface area contributed by atoms with E-state index < -0.39 is 5.92 Å². The van der Waals surface area contributed by atoms with Crippen molar-refractivity contribution in [3.05, 3.63) is 59.4 Å². The molecule has 0 amide bonds. The van der Waals surface area contributed by atoms with E-state index in [9.17, 15) is 8.78 Å². The van der Waals surface area contributed by atoms with Crippen LogP contribution in [-0.4, -0.2) is 21.5 Å². The lowest BCUT2D eigenvalue weighted by Crippen LogP contribution is -2.47. The van der Waals surface area contributed by atoms with Crippen molar-refractivity contribution in [2.24, 2.45) is 0 Å². The van der Waals surface area contributed by atoms with Crippen molar-refractivity contribution in [2.75, 3.05) is 0 Å². The van der Waals surface area contributed by atoms with Crippen LogP contribution in [0.25, 0.3) is 28.1 Å². The van der Waals surface area contributed by atoms with Gasteiger partial charge < -0.3 is 9.88 Å². The van der Waals surface area contributed by atoms with Gasteiger partial charge in [-0.05, 0) is 68.0 Å². The Hall–Kier alpha value is -2.76. The summed E-state index contributed by atoms with van der Waals surface area (Å²) < 4.78 is 43.6. The first-order valence-corrected chi connectivity index (χ1v) is 10.8. The molecule has 0 saturated heterocycles. The summed E-state index contributed by atoms with van der Waals surface area (Å²) in [6.07, 6.45) is 2.88. The number of nitrogens with one attached hydrogen (secondary N) is 1. The van der Waals surface area contributed by atoms with Crippen LogP contribution in [0.15, 0.2) is 36.9 Å². The molecule has 2 saturated carbocycles. The first-order chi connectivity index (χ1) is 14.7. The number of nitrogens with zero attached hydrogens (tertiary/aromatic N) is 2. The molecule has 162 valence electrons. The molecular weight excluding hydrogens is 399 g/mol. The lowest BCUT2D eigenvalue weighted by molar-refractivity contribution is -0.0891. The first kappa shape index (κ1) is 20.2. The average molecular weight is 425 g/mol. The Kier molecular flexibility index (Phi) is 4.65. The van der Waals surface area contributed by atoms with Gasteiger partial charge in [0.2, 0.25) is 0 Å². The number of fused-ring (bicyclic) bond motifs is 1. The van der Waals surface area contributed by atoms with Gasteiger partial charge in [0.05, 0.1) is 16.6 Å². The number of benzene rings is 2. The summed E-state index contributed by atoms with van der Waals surface area (Å²) in [4.78, 5) is 4.81. The van der Waals surface area contributed by atoms with E-state index in [1.54, 1.807) is 6.92 Å². The van der Waals surface area contributed by atoms with E-state index in [4.69, 9.17) is 4.98 Å². The predicted octanol–water partition coefficient (Wildman–Crippen LogP) is 6.54. The second kappa shape index (κ2) is 7.14. The van der Waals surface area contributed by atoms with Crippen molar-refractivity contribution in [3.63, 3.8) is 0 Å². The third-order valence-electron chi connectivity index (χ3n) is 6.59. The van der Waals surface area contributed by atoms with E-state index in [0.29, 0.717) is 22.6 Å². The van der Waals surface area contributed by atoms with Crippen LogP contribution in [-0.2, 0) is 0 Å². The molecule has 2 fully saturated rings. The number of alkyl halides is 2. The molecule has 0 atom stereocenters. The standard InChI is InChI=1S/C25H26F3N3/c1-14-9-15(2)23(26)20(10-14)24-30-21-8-7-17(11-22(21)31(24)19-5-4-6-19)16(3)29-18-12-25(27,28)13-18/h7-11,18-19,29H,3-6,12-13H2,1-2H3. The van der Waals surface area contributed by atoms with Gasteiger partial charge in [-0.1, -0.05) is 18.7 Å². The topological polar surface area (TPSA) is 29.9 Å². The van der Waals surface area contributed by atoms with Crippen LogP contribution < -0.4 is 5.32 Å². The molecular formula is C25H26F3N3. The predicted molar refractivity (Wildman–Crippen MR) is 118 cm³/mol. The minimum absolute atomic E-state index is 0.162. The highest BCUT2D eigenvalue weighted by atomic mass is 19.3. The molecule has 31 heavy (non-hydrogen) atoms. The monoisotopic (exact) mass is 425 g/mol. The maximum atomic E-state index is 15.1. The normalized spacial score (nSPS) is 18.6. The molecule has 3 nitrogen and oxygen atoms in total. The van der Waals surface area contributed by atoms with E-state index in [2.05, 4.69) is 16.5 Å². The molecule has 1 aromatic heterocycles. The molecule has 0 bridgehead atoms. The number of aromatic nitrogens is 2. The highest BCUT2D eigenvalue weighted by Gasteiger charge is 2.45. The molecule has 0 aliphatic heterocycles. The summed E-state index contributed by atoms with van der Waals surface area (Å²) in [5.41, 5.74) is 5.33. The smallest absolute Gasteiger partial charge is 0.252 e. The van der Waals surface area contributed by atoms with E-state index in [-0.39, 0.29) is 30.7 Å². The van der Waals surface area contributed by atoms with Gasteiger partial charge in [0.25, 0.3) is 5.92 Å². The van der Waals surface area contributed by atoms with Gasteiger partial charge in [-0.3, -0.25) is 0 Å². The van der Waals surface area contributed by atoms with Gasteiger partial charge in [0.1, 0.15) is 11.6 Å². The van der Waals surface area contributed by atoms with Gasteiger partial charge in [-0.2, -0.15) is 0 Å². The van der Waals surface area contributed by atoms with Crippen molar-refractivity contribution in [2.45, 2.75) is 64.0 Å². The van der Waals surface area contributed by atoms with Gasteiger partial charge >= 0.3 is 0 Å². The maximum Gasteiger partial charge on any atom is 0.252 e. The van der Waals surface area contributed by atoms with Crippen LogP contribution in [0.1, 0.15) is 54.8 Å². The molecule has 1 heterocycles. The van der Waals surface area contributed by atoms with E-state index in [1.165, 1.54) is 0 Å². The van der Waals surface area contributed by atoms with Crippen molar-refractivity contribution in [1.29, 1.82) is 0 Å².